The van der Waals surface area contributed by atoms with Gasteiger partial charge >= 0.3 is 0 Å². The van der Waals surface area contributed by atoms with Gasteiger partial charge in [0.15, 0.2) is 0 Å². The van der Waals surface area contributed by atoms with Gasteiger partial charge in [-0.05, 0) is 31.3 Å². The molecule has 1 aromatic rings. The Hall–Kier alpha value is -1.55. The molecular weight excluding hydrogens is 192 g/mol. The number of amides is 1. The maximum Gasteiger partial charge on any atom is 0.246 e. The predicted molar refractivity (Wildman–Crippen MR) is 58.2 cm³/mol. The summed E-state index contributed by atoms with van der Waals surface area (Å²) >= 11 is 0. The highest BCUT2D eigenvalue weighted by atomic mass is 16.5. The number of hydrogen-bond donors (Lipinski definition) is 1. The second kappa shape index (κ2) is 3.90. The van der Waals surface area contributed by atoms with Crippen molar-refractivity contribution in [2.45, 2.75) is 6.04 Å². The van der Waals surface area contributed by atoms with E-state index in [1.807, 2.05) is 24.3 Å². The average molecular weight is 206 g/mol. The van der Waals surface area contributed by atoms with E-state index in [0.29, 0.717) is 0 Å². The molecule has 80 valence electrons. The Bertz CT molecular complexity index is 361. The van der Waals surface area contributed by atoms with Gasteiger partial charge in [0.25, 0.3) is 0 Å². The molecule has 0 spiro atoms. The van der Waals surface area contributed by atoms with E-state index in [1.54, 1.807) is 19.1 Å². The molecule has 1 aliphatic rings. The van der Waals surface area contributed by atoms with Crippen molar-refractivity contribution in [1.82, 2.24) is 5.32 Å². The minimum absolute atomic E-state index is 0.0212. The monoisotopic (exact) mass is 206 g/mol. The van der Waals surface area contributed by atoms with E-state index < -0.39 is 0 Å². The van der Waals surface area contributed by atoms with Gasteiger partial charge in [-0.1, -0.05) is 0 Å². The van der Waals surface area contributed by atoms with Gasteiger partial charge in [-0.25, -0.2) is 0 Å². The molecule has 0 saturated carbocycles. The summed E-state index contributed by atoms with van der Waals surface area (Å²) in [5.41, 5.74) is 0.923. The Labute approximate surface area is 88.8 Å². The van der Waals surface area contributed by atoms with Crippen molar-refractivity contribution in [1.29, 1.82) is 0 Å². The highest BCUT2D eigenvalue weighted by molar-refractivity contribution is 6.04. The van der Waals surface area contributed by atoms with Crippen LogP contribution in [0.5, 0.6) is 5.75 Å². The zero-order valence-corrected chi connectivity index (χ0v) is 8.86. The molecule has 1 saturated heterocycles. The molecule has 1 amide bonds. The maximum atomic E-state index is 11.6. The second-order valence-corrected chi connectivity index (χ2v) is 3.49. The van der Waals surface area contributed by atoms with E-state index in [2.05, 4.69) is 5.32 Å². The molecule has 1 fully saturated rings. The van der Waals surface area contributed by atoms with Crippen molar-refractivity contribution in [3.63, 3.8) is 0 Å². The number of nitrogens with one attached hydrogen (secondary N) is 1. The van der Waals surface area contributed by atoms with Gasteiger partial charge in [0.2, 0.25) is 5.91 Å². The van der Waals surface area contributed by atoms with Crippen molar-refractivity contribution in [2.75, 3.05) is 25.6 Å². The molecule has 0 aromatic heterocycles. The van der Waals surface area contributed by atoms with Gasteiger partial charge in [0.1, 0.15) is 11.8 Å². The molecule has 1 heterocycles. The van der Waals surface area contributed by atoms with Gasteiger partial charge < -0.3 is 15.0 Å². The largest absolute Gasteiger partial charge is 0.497 e. The van der Waals surface area contributed by atoms with Crippen LogP contribution in [0.15, 0.2) is 24.3 Å². The molecule has 1 N–H and O–H groups in total. The molecule has 0 aliphatic carbocycles. The summed E-state index contributed by atoms with van der Waals surface area (Å²) in [6, 6.07) is 7.47. The summed E-state index contributed by atoms with van der Waals surface area (Å²) in [6.45, 7) is 0.738. The summed E-state index contributed by atoms with van der Waals surface area (Å²) in [6.07, 6.45) is 0. The highest BCUT2D eigenvalue weighted by Crippen LogP contribution is 2.24. The van der Waals surface area contributed by atoms with E-state index in [4.69, 9.17) is 4.74 Å². The fraction of sp³-hybridized carbons (Fsp3) is 0.364. The number of ether oxygens (including phenoxy) is 1. The Morgan fingerprint density at radius 1 is 1.40 bits per heavy atom. The van der Waals surface area contributed by atoms with Crippen LogP contribution < -0.4 is 15.0 Å². The second-order valence-electron chi connectivity index (χ2n) is 3.49. The zero-order chi connectivity index (χ0) is 10.8. The average Bonchev–Trinajstić information content (AvgIpc) is 2.28. The van der Waals surface area contributed by atoms with Crippen LogP contribution in [0.3, 0.4) is 0 Å². The molecule has 0 bridgehead atoms. The molecule has 4 nitrogen and oxygen atoms in total. The quantitative estimate of drug-likeness (QED) is 0.737. The van der Waals surface area contributed by atoms with Crippen LogP contribution >= 0.6 is 0 Å². The van der Waals surface area contributed by atoms with Crippen molar-refractivity contribution in [2.24, 2.45) is 0 Å². The molecule has 2 rings (SSSR count). The zero-order valence-electron chi connectivity index (χ0n) is 8.86. The molecule has 1 aliphatic heterocycles. The van der Waals surface area contributed by atoms with E-state index in [9.17, 15) is 4.79 Å². The third-order valence-corrected chi connectivity index (χ3v) is 2.66. The Balaban J connectivity index is 2.09. The molecule has 1 atom stereocenters. The lowest BCUT2D eigenvalue weighted by Crippen LogP contribution is -2.62. The smallest absolute Gasteiger partial charge is 0.246 e. The summed E-state index contributed by atoms with van der Waals surface area (Å²) in [5.74, 6) is 0.930. The van der Waals surface area contributed by atoms with Gasteiger partial charge in [-0.3, -0.25) is 4.79 Å². The topological polar surface area (TPSA) is 41.6 Å². The highest BCUT2D eigenvalue weighted by Gasteiger charge is 2.36. The minimum Gasteiger partial charge on any atom is -0.497 e. The summed E-state index contributed by atoms with van der Waals surface area (Å²) in [7, 11) is 3.43. The third-order valence-electron chi connectivity index (χ3n) is 2.66. The number of β-lactam (4-membered cyclic amide) rings is 1. The molecule has 1 aromatic carbocycles. The number of hydrogen-bond acceptors (Lipinski definition) is 3. The minimum atomic E-state index is -0.0212. The third kappa shape index (κ3) is 1.68. The Morgan fingerprint density at radius 2 is 2.07 bits per heavy atom. The van der Waals surface area contributed by atoms with Gasteiger partial charge in [-0.15, -0.1) is 0 Å². The van der Waals surface area contributed by atoms with Crippen LogP contribution in [-0.4, -0.2) is 32.7 Å². The van der Waals surface area contributed by atoms with E-state index in [-0.39, 0.29) is 11.9 Å². The maximum absolute atomic E-state index is 11.6. The van der Waals surface area contributed by atoms with Crippen molar-refractivity contribution < 1.29 is 9.53 Å². The first-order valence-corrected chi connectivity index (χ1v) is 4.89. The van der Waals surface area contributed by atoms with E-state index in [0.717, 1.165) is 18.0 Å². The molecular formula is C11H14N2O2. The standard InChI is InChI=1S/C11H14N2O2/c1-12-10-7-13(11(10)14)8-3-5-9(15-2)6-4-8/h3-6,10,12H,7H2,1-2H3. The van der Waals surface area contributed by atoms with E-state index in [1.165, 1.54) is 0 Å². The number of methoxy groups -OCH3 is 1. The Morgan fingerprint density at radius 3 is 2.53 bits per heavy atom. The molecule has 0 radical (unpaired) electrons. The fourth-order valence-electron chi connectivity index (χ4n) is 1.64. The number of nitrogens with zero attached hydrogens (tertiary/aromatic N) is 1. The predicted octanol–water partition coefficient (Wildman–Crippen LogP) is 0.630. The first kappa shape index (κ1) is 9.98. The first-order valence-electron chi connectivity index (χ1n) is 4.89. The van der Waals surface area contributed by atoms with Crippen molar-refractivity contribution in [3.05, 3.63) is 24.3 Å². The first-order chi connectivity index (χ1) is 7.26. The number of anilines is 1. The van der Waals surface area contributed by atoms with Crippen LogP contribution in [0.25, 0.3) is 0 Å². The lowest BCUT2D eigenvalue weighted by Gasteiger charge is -2.38. The van der Waals surface area contributed by atoms with Crippen molar-refractivity contribution in [3.8, 4) is 5.75 Å². The van der Waals surface area contributed by atoms with Gasteiger partial charge in [0.05, 0.1) is 13.7 Å². The van der Waals surface area contributed by atoms with Crippen LogP contribution in [0.2, 0.25) is 0 Å². The van der Waals surface area contributed by atoms with Crippen LogP contribution in [0, 0.1) is 0 Å². The van der Waals surface area contributed by atoms with Crippen molar-refractivity contribution >= 4 is 11.6 Å². The van der Waals surface area contributed by atoms with E-state index >= 15 is 0 Å². The summed E-state index contributed by atoms with van der Waals surface area (Å²) in [4.78, 5) is 13.3. The lowest BCUT2D eigenvalue weighted by molar-refractivity contribution is -0.124. The number of carbonyl (C=O) groups excluding carboxylic acids is 1. The number of likely N-dealkylation sites (N-methyl/N-ethyl adjacent to an activating group) is 1. The van der Waals surface area contributed by atoms with Crippen LogP contribution in [0.1, 0.15) is 0 Å². The Kier molecular flexibility index (Phi) is 2.60. The molecule has 4 heteroatoms. The normalized spacial score (nSPS) is 20.0. The number of benzene rings is 1. The number of rotatable bonds is 3. The van der Waals surface area contributed by atoms with Crippen LogP contribution in [-0.2, 0) is 4.79 Å². The van der Waals surface area contributed by atoms with Gasteiger partial charge in [0, 0.05) is 5.69 Å². The fourth-order valence-corrected chi connectivity index (χ4v) is 1.64. The molecule has 1 unspecified atom stereocenters. The molecule has 15 heavy (non-hydrogen) atoms. The number of carbonyl (C=O) groups is 1. The van der Waals surface area contributed by atoms with Gasteiger partial charge in [-0.2, -0.15) is 0 Å². The SMILES string of the molecule is CNC1CN(c2ccc(OC)cc2)C1=O. The summed E-state index contributed by atoms with van der Waals surface area (Å²) < 4.78 is 5.05. The summed E-state index contributed by atoms with van der Waals surface area (Å²) in [5, 5.41) is 2.96. The van der Waals surface area contributed by atoms with Crippen LogP contribution in [0.4, 0.5) is 5.69 Å². The lowest BCUT2D eigenvalue weighted by atomic mass is 10.1.